The SMILES string of the molecule is CN1/C(=C\C2C(=O)C(O)C(/C=C3\N(C)c4ccc5ccccc5c4C3(C)C)C2O)C(C)(C)c2c1ccc1ccccc21. The maximum atomic E-state index is 13.6. The summed E-state index contributed by atoms with van der Waals surface area (Å²) in [5.41, 5.74) is 5.83. The van der Waals surface area contributed by atoms with Crippen LogP contribution in [0.3, 0.4) is 0 Å². The number of Topliss-reactive ketones (excluding diaryl/α,β-unsaturated/α-hetero) is 1. The third kappa shape index (κ3) is 3.53. The number of anilines is 2. The number of carbonyl (C=O) groups excluding carboxylic acids is 1. The molecule has 0 aromatic heterocycles. The van der Waals surface area contributed by atoms with Crippen LogP contribution in [0.2, 0.25) is 0 Å². The molecule has 42 heavy (non-hydrogen) atoms. The lowest BCUT2D eigenvalue weighted by molar-refractivity contribution is -0.127. The van der Waals surface area contributed by atoms with Gasteiger partial charge in [-0.2, -0.15) is 0 Å². The highest BCUT2D eigenvalue weighted by atomic mass is 16.3. The highest BCUT2D eigenvalue weighted by Crippen LogP contribution is 2.53. The van der Waals surface area contributed by atoms with Crippen LogP contribution in [0.25, 0.3) is 21.5 Å². The van der Waals surface area contributed by atoms with E-state index in [1.807, 2.05) is 38.4 Å². The van der Waals surface area contributed by atoms with Crippen LogP contribution in [0.4, 0.5) is 11.4 Å². The second-order valence-corrected chi connectivity index (χ2v) is 13.3. The summed E-state index contributed by atoms with van der Waals surface area (Å²) in [6.45, 7) is 8.71. The summed E-state index contributed by atoms with van der Waals surface area (Å²) < 4.78 is 0. The van der Waals surface area contributed by atoms with Crippen molar-refractivity contribution in [2.24, 2.45) is 11.8 Å². The fourth-order valence-corrected chi connectivity index (χ4v) is 8.09. The Morgan fingerprint density at radius 3 is 1.62 bits per heavy atom. The zero-order valence-electron chi connectivity index (χ0n) is 25.1. The minimum atomic E-state index is -1.28. The number of aliphatic hydroxyl groups excluding tert-OH is 2. The molecule has 3 aliphatic rings. The van der Waals surface area contributed by atoms with Crippen molar-refractivity contribution >= 4 is 38.7 Å². The molecule has 1 aliphatic carbocycles. The number of hydrogen-bond acceptors (Lipinski definition) is 5. The molecule has 4 aromatic carbocycles. The van der Waals surface area contributed by atoms with Crippen LogP contribution in [-0.2, 0) is 15.6 Å². The number of fused-ring (bicyclic) bond motifs is 6. The molecule has 4 aromatic rings. The Kier molecular flexibility index (Phi) is 5.79. The second-order valence-electron chi connectivity index (χ2n) is 13.3. The van der Waals surface area contributed by atoms with Gasteiger partial charge in [0.1, 0.15) is 6.10 Å². The van der Waals surface area contributed by atoms with Crippen LogP contribution in [-0.4, -0.2) is 42.3 Å². The van der Waals surface area contributed by atoms with Gasteiger partial charge in [-0.1, -0.05) is 101 Å². The van der Waals surface area contributed by atoms with Gasteiger partial charge in [-0.15, -0.1) is 0 Å². The van der Waals surface area contributed by atoms with E-state index in [1.54, 1.807) is 0 Å². The van der Waals surface area contributed by atoms with Crippen molar-refractivity contribution in [2.75, 3.05) is 23.9 Å². The first kappa shape index (κ1) is 26.9. The molecule has 0 bridgehead atoms. The topological polar surface area (TPSA) is 64.0 Å². The van der Waals surface area contributed by atoms with Crippen molar-refractivity contribution in [3.63, 3.8) is 0 Å². The summed E-state index contributed by atoms with van der Waals surface area (Å²) in [5.74, 6) is -1.85. The number of ketones is 1. The Morgan fingerprint density at radius 1 is 0.667 bits per heavy atom. The van der Waals surface area contributed by atoms with Crippen LogP contribution in [0, 0.1) is 11.8 Å². The van der Waals surface area contributed by atoms with Gasteiger partial charge in [0.15, 0.2) is 5.78 Å². The van der Waals surface area contributed by atoms with Crippen LogP contribution < -0.4 is 9.80 Å². The third-order valence-corrected chi connectivity index (χ3v) is 10.2. The minimum Gasteiger partial charge on any atom is -0.391 e. The van der Waals surface area contributed by atoms with Gasteiger partial charge < -0.3 is 20.0 Å². The van der Waals surface area contributed by atoms with Crippen molar-refractivity contribution in [1.82, 2.24) is 0 Å². The highest BCUT2D eigenvalue weighted by Gasteiger charge is 2.50. The van der Waals surface area contributed by atoms with Crippen LogP contribution in [0.1, 0.15) is 38.8 Å². The largest absolute Gasteiger partial charge is 0.391 e. The predicted molar refractivity (Wildman–Crippen MR) is 171 cm³/mol. The second kappa shape index (κ2) is 9.03. The molecule has 7 rings (SSSR count). The normalized spacial score (nSPS) is 28.0. The number of nitrogens with zero attached hydrogens (tertiary/aromatic N) is 2. The summed E-state index contributed by atoms with van der Waals surface area (Å²) in [6.07, 6.45) is 1.54. The average Bonchev–Trinajstić information content (AvgIpc) is 3.40. The first-order chi connectivity index (χ1) is 19.9. The van der Waals surface area contributed by atoms with E-state index in [0.717, 1.165) is 22.8 Å². The molecule has 5 heteroatoms. The number of allylic oxidation sites excluding steroid dienone is 2. The Bertz CT molecular complexity index is 1850. The van der Waals surface area contributed by atoms with E-state index in [4.69, 9.17) is 0 Å². The Morgan fingerprint density at radius 2 is 1.12 bits per heavy atom. The van der Waals surface area contributed by atoms with Gasteiger partial charge in [0.25, 0.3) is 0 Å². The summed E-state index contributed by atoms with van der Waals surface area (Å²) in [5, 5.41) is 27.7. The monoisotopic (exact) mass is 558 g/mol. The van der Waals surface area contributed by atoms with Gasteiger partial charge in [0.2, 0.25) is 0 Å². The lowest BCUT2D eigenvalue weighted by Crippen LogP contribution is -2.29. The highest BCUT2D eigenvalue weighted by molar-refractivity contribution is 5.97. The molecule has 0 spiro atoms. The molecule has 2 aliphatic heterocycles. The van der Waals surface area contributed by atoms with Gasteiger partial charge in [-0.05, 0) is 44.8 Å². The molecule has 0 radical (unpaired) electrons. The maximum absolute atomic E-state index is 13.6. The van der Waals surface area contributed by atoms with E-state index in [2.05, 4.69) is 98.2 Å². The van der Waals surface area contributed by atoms with E-state index < -0.39 is 24.0 Å². The maximum Gasteiger partial charge on any atom is 0.171 e. The Labute approximate surface area is 247 Å². The standard InChI is InChI=1S/C37H38N2O3/c1-36(2)29(38(5)27-17-15-21-11-7-9-13-23(21)31(27)36)19-25-33(40)26(35(42)34(25)41)20-30-37(3,4)32-24-14-10-8-12-22(24)16-18-28(32)39(30)6/h7-20,25-26,33-34,40-41H,1-6H3/b29-19-,30-20-. The summed E-state index contributed by atoms with van der Waals surface area (Å²) in [6, 6.07) is 25.3. The molecule has 4 unspecified atom stereocenters. The van der Waals surface area contributed by atoms with Gasteiger partial charge in [0.05, 0.1) is 12.0 Å². The predicted octanol–water partition coefficient (Wildman–Crippen LogP) is 6.45. The van der Waals surface area contributed by atoms with Crippen molar-refractivity contribution in [2.45, 2.75) is 50.7 Å². The van der Waals surface area contributed by atoms with Crippen LogP contribution in [0.15, 0.2) is 96.3 Å². The lowest BCUT2D eigenvalue weighted by Gasteiger charge is -2.28. The molecule has 1 saturated carbocycles. The Hall–Kier alpha value is -3.93. The molecule has 4 atom stereocenters. The number of hydrogen-bond donors (Lipinski definition) is 2. The van der Waals surface area contributed by atoms with Crippen molar-refractivity contribution in [1.29, 1.82) is 0 Å². The van der Waals surface area contributed by atoms with Gasteiger partial charge in [-0.3, -0.25) is 4.79 Å². The van der Waals surface area contributed by atoms with Crippen LogP contribution in [0.5, 0.6) is 0 Å². The fraction of sp³-hybridized carbons (Fsp3) is 0.324. The van der Waals surface area contributed by atoms with E-state index >= 15 is 0 Å². The van der Waals surface area contributed by atoms with Crippen molar-refractivity contribution in [3.05, 3.63) is 107 Å². The number of rotatable bonds is 2. The lowest BCUT2D eigenvalue weighted by atomic mass is 9.79. The quantitative estimate of drug-likeness (QED) is 0.296. The number of aliphatic hydroxyl groups is 2. The number of carbonyl (C=O) groups is 1. The summed E-state index contributed by atoms with van der Waals surface area (Å²) >= 11 is 0. The molecule has 0 saturated heterocycles. The van der Waals surface area contributed by atoms with Gasteiger partial charge in [-0.25, -0.2) is 0 Å². The molecule has 2 N–H and O–H groups in total. The Balaban J connectivity index is 1.27. The number of benzene rings is 4. The fourth-order valence-electron chi connectivity index (χ4n) is 8.09. The van der Waals surface area contributed by atoms with E-state index in [0.29, 0.717) is 0 Å². The molecule has 0 amide bonds. The molecule has 2 heterocycles. The summed E-state index contributed by atoms with van der Waals surface area (Å²) in [4.78, 5) is 17.9. The third-order valence-electron chi connectivity index (χ3n) is 10.2. The van der Waals surface area contributed by atoms with E-state index in [1.165, 1.54) is 32.7 Å². The molecule has 214 valence electrons. The molecule has 5 nitrogen and oxygen atoms in total. The van der Waals surface area contributed by atoms with E-state index in [9.17, 15) is 15.0 Å². The molecule has 1 fully saturated rings. The minimum absolute atomic E-state index is 0.330. The zero-order chi connectivity index (χ0) is 29.7. The average molecular weight is 559 g/mol. The van der Waals surface area contributed by atoms with Crippen LogP contribution >= 0.6 is 0 Å². The first-order valence-corrected chi connectivity index (χ1v) is 14.8. The first-order valence-electron chi connectivity index (χ1n) is 14.8. The molecular formula is C37H38N2O3. The zero-order valence-corrected chi connectivity index (χ0v) is 25.1. The molecular weight excluding hydrogens is 520 g/mol. The smallest absolute Gasteiger partial charge is 0.171 e. The van der Waals surface area contributed by atoms with Gasteiger partial charge >= 0.3 is 0 Å². The van der Waals surface area contributed by atoms with E-state index in [-0.39, 0.29) is 16.6 Å². The number of likely N-dealkylation sites (N-methyl/N-ethyl adjacent to an activating group) is 2. The summed E-state index contributed by atoms with van der Waals surface area (Å²) in [7, 11) is 4.05. The van der Waals surface area contributed by atoms with Gasteiger partial charge in [0, 0.05) is 53.6 Å². The van der Waals surface area contributed by atoms with Crippen molar-refractivity contribution in [3.8, 4) is 0 Å². The van der Waals surface area contributed by atoms with Crippen molar-refractivity contribution < 1.29 is 15.0 Å².